The summed E-state index contributed by atoms with van der Waals surface area (Å²) in [5.74, 6) is 0.0288. The quantitative estimate of drug-likeness (QED) is 0.801. The summed E-state index contributed by atoms with van der Waals surface area (Å²) in [6, 6.07) is -0.187. The normalized spacial score (nSPS) is 21.1. The number of rotatable bonds is 4. The summed E-state index contributed by atoms with van der Waals surface area (Å²) in [6.45, 7) is 3.53. The van der Waals surface area contributed by atoms with E-state index in [9.17, 15) is 8.42 Å². The Balaban J connectivity index is 2.16. The Morgan fingerprint density at radius 3 is 3.00 bits per heavy atom. The minimum Gasteiger partial charge on any atom is -0.381 e. The molecule has 18 heavy (non-hydrogen) atoms. The zero-order valence-electron chi connectivity index (χ0n) is 10.3. The minimum atomic E-state index is -3.62. The fourth-order valence-corrected chi connectivity index (χ4v) is 3.23. The van der Waals surface area contributed by atoms with Crippen LogP contribution in [0.25, 0.3) is 0 Å². The number of nitrogens with zero attached hydrogens (tertiary/aromatic N) is 2. The summed E-state index contributed by atoms with van der Waals surface area (Å²) in [5.41, 5.74) is 5.63. The van der Waals surface area contributed by atoms with Gasteiger partial charge < -0.3 is 10.5 Å². The molecule has 1 aliphatic heterocycles. The molecule has 1 aromatic rings. The zero-order valence-corrected chi connectivity index (χ0v) is 11.1. The van der Waals surface area contributed by atoms with Crippen LogP contribution in [0.2, 0.25) is 0 Å². The number of ether oxygens (including phenoxy) is 1. The van der Waals surface area contributed by atoms with E-state index in [0.717, 1.165) is 12.8 Å². The summed E-state index contributed by atoms with van der Waals surface area (Å²) in [5, 5.41) is 3.93. The van der Waals surface area contributed by atoms with E-state index in [4.69, 9.17) is 10.5 Å². The van der Waals surface area contributed by atoms with Crippen LogP contribution < -0.4 is 10.5 Å². The molecule has 102 valence electrons. The van der Waals surface area contributed by atoms with Crippen LogP contribution in [0.4, 0.5) is 5.82 Å². The van der Waals surface area contributed by atoms with Crippen LogP contribution in [0.5, 0.6) is 0 Å². The second-order valence-electron chi connectivity index (χ2n) is 4.27. The van der Waals surface area contributed by atoms with Crippen molar-refractivity contribution in [2.45, 2.75) is 37.2 Å². The van der Waals surface area contributed by atoms with Crippen LogP contribution in [0.1, 0.15) is 19.8 Å². The predicted octanol–water partition coefficient (Wildman–Crippen LogP) is -0.0575. The number of anilines is 1. The lowest BCUT2D eigenvalue weighted by atomic mass is 10.1. The first kappa shape index (κ1) is 13.3. The second-order valence-corrected chi connectivity index (χ2v) is 5.95. The van der Waals surface area contributed by atoms with Gasteiger partial charge >= 0.3 is 0 Å². The van der Waals surface area contributed by atoms with Crippen molar-refractivity contribution < 1.29 is 13.2 Å². The van der Waals surface area contributed by atoms with Crippen LogP contribution in [0.15, 0.2) is 11.1 Å². The van der Waals surface area contributed by atoms with Crippen LogP contribution in [-0.2, 0) is 21.3 Å². The monoisotopic (exact) mass is 274 g/mol. The van der Waals surface area contributed by atoms with Crippen LogP contribution >= 0.6 is 0 Å². The molecule has 2 rings (SSSR count). The SMILES string of the molecule is CCn1cc(S(=O)(=O)NC2CCCOC2)c(N)n1. The molecule has 1 atom stereocenters. The van der Waals surface area contributed by atoms with E-state index >= 15 is 0 Å². The molecule has 7 nitrogen and oxygen atoms in total. The van der Waals surface area contributed by atoms with Gasteiger partial charge in [0.15, 0.2) is 5.82 Å². The van der Waals surface area contributed by atoms with Gasteiger partial charge in [-0.15, -0.1) is 0 Å². The van der Waals surface area contributed by atoms with E-state index < -0.39 is 10.0 Å². The van der Waals surface area contributed by atoms with Crippen molar-refractivity contribution >= 4 is 15.8 Å². The van der Waals surface area contributed by atoms with Crippen molar-refractivity contribution in [1.82, 2.24) is 14.5 Å². The molecule has 0 saturated carbocycles. The lowest BCUT2D eigenvalue weighted by molar-refractivity contribution is 0.0774. The Hall–Kier alpha value is -1.12. The Morgan fingerprint density at radius 1 is 1.67 bits per heavy atom. The first-order valence-electron chi connectivity index (χ1n) is 5.96. The van der Waals surface area contributed by atoms with Crippen molar-refractivity contribution in [3.05, 3.63) is 6.20 Å². The number of nitrogens with one attached hydrogen (secondary N) is 1. The molecule has 1 saturated heterocycles. The second kappa shape index (κ2) is 5.25. The molecule has 1 aromatic heterocycles. The Labute approximate surface area is 106 Å². The van der Waals surface area contributed by atoms with Gasteiger partial charge in [0, 0.05) is 25.4 Å². The summed E-state index contributed by atoms with van der Waals surface area (Å²) in [7, 11) is -3.62. The molecule has 1 fully saturated rings. The van der Waals surface area contributed by atoms with E-state index in [1.165, 1.54) is 10.9 Å². The Bertz CT molecular complexity index is 505. The van der Waals surface area contributed by atoms with Gasteiger partial charge in [0.1, 0.15) is 4.90 Å². The maximum absolute atomic E-state index is 12.2. The topological polar surface area (TPSA) is 99.2 Å². The fourth-order valence-electron chi connectivity index (χ4n) is 1.90. The van der Waals surface area contributed by atoms with Crippen molar-refractivity contribution in [3.63, 3.8) is 0 Å². The van der Waals surface area contributed by atoms with E-state index in [2.05, 4.69) is 9.82 Å². The molecular formula is C10H18N4O3S. The molecule has 0 spiro atoms. The van der Waals surface area contributed by atoms with E-state index in [-0.39, 0.29) is 16.8 Å². The molecule has 0 aliphatic carbocycles. The molecule has 0 bridgehead atoms. The highest BCUT2D eigenvalue weighted by Crippen LogP contribution is 2.18. The third-order valence-electron chi connectivity index (χ3n) is 2.85. The largest absolute Gasteiger partial charge is 0.381 e. The van der Waals surface area contributed by atoms with Gasteiger partial charge in [-0.05, 0) is 19.8 Å². The smallest absolute Gasteiger partial charge is 0.246 e. The van der Waals surface area contributed by atoms with Crippen molar-refractivity contribution in [3.8, 4) is 0 Å². The average Bonchev–Trinajstić information content (AvgIpc) is 2.72. The lowest BCUT2D eigenvalue weighted by Gasteiger charge is -2.22. The van der Waals surface area contributed by atoms with Gasteiger partial charge in [-0.25, -0.2) is 13.1 Å². The summed E-state index contributed by atoms with van der Waals surface area (Å²) >= 11 is 0. The van der Waals surface area contributed by atoms with Crippen LogP contribution in [0, 0.1) is 0 Å². The van der Waals surface area contributed by atoms with Gasteiger partial charge in [-0.2, -0.15) is 5.10 Å². The fraction of sp³-hybridized carbons (Fsp3) is 0.700. The maximum Gasteiger partial charge on any atom is 0.246 e. The van der Waals surface area contributed by atoms with Gasteiger partial charge in [0.25, 0.3) is 0 Å². The number of hydrogen-bond acceptors (Lipinski definition) is 5. The number of aryl methyl sites for hydroxylation is 1. The highest BCUT2D eigenvalue weighted by atomic mass is 32.2. The number of sulfonamides is 1. The number of nitrogens with two attached hydrogens (primary N) is 1. The van der Waals surface area contributed by atoms with Gasteiger partial charge in [0.2, 0.25) is 10.0 Å². The molecule has 3 N–H and O–H groups in total. The number of nitrogen functional groups attached to an aromatic ring is 1. The van der Waals surface area contributed by atoms with Gasteiger partial charge in [0.05, 0.1) is 6.61 Å². The van der Waals surface area contributed by atoms with E-state index in [0.29, 0.717) is 19.8 Å². The molecule has 0 aromatic carbocycles. The molecule has 0 amide bonds. The minimum absolute atomic E-state index is 0.0288. The molecule has 1 aliphatic rings. The van der Waals surface area contributed by atoms with Gasteiger partial charge in [-0.1, -0.05) is 0 Å². The Morgan fingerprint density at radius 2 is 2.44 bits per heavy atom. The van der Waals surface area contributed by atoms with Crippen molar-refractivity contribution in [1.29, 1.82) is 0 Å². The molecule has 0 radical (unpaired) electrons. The summed E-state index contributed by atoms with van der Waals surface area (Å²) < 4.78 is 33.6. The summed E-state index contributed by atoms with van der Waals surface area (Å²) in [6.07, 6.45) is 3.08. The van der Waals surface area contributed by atoms with Crippen LogP contribution in [0.3, 0.4) is 0 Å². The molecule has 2 heterocycles. The van der Waals surface area contributed by atoms with Crippen LogP contribution in [-0.4, -0.2) is 37.5 Å². The summed E-state index contributed by atoms with van der Waals surface area (Å²) in [4.78, 5) is 0.0370. The van der Waals surface area contributed by atoms with E-state index in [1.54, 1.807) is 0 Å². The Kier molecular flexibility index (Phi) is 3.88. The highest BCUT2D eigenvalue weighted by molar-refractivity contribution is 7.89. The van der Waals surface area contributed by atoms with Crippen molar-refractivity contribution in [2.75, 3.05) is 18.9 Å². The number of hydrogen-bond donors (Lipinski definition) is 2. The van der Waals surface area contributed by atoms with Gasteiger partial charge in [-0.3, -0.25) is 4.68 Å². The third-order valence-corrected chi connectivity index (χ3v) is 4.39. The lowest BCUT2D eigenvalue weighted by Crippen LogP contribution is -2.40. The van der Waals surface area contributed by atoms with E-state index in [1.807, 2.05) is 6.92 Å². The number of aromatic nitrogens is 2. The standard InChI is InChI=1S/C10H18N4O3S/c1-2-14-6-9(10(11)12-14)18(15,16)13-8-4-3-5-17-7-8/h6,8,13H,2-5,7H2,1H3,(H2,11,12). The van der Waals surface area contributed by atoms with Crippen molar-refractivity contribution in [2.24, 2.45) is 0 Å². The first-order chi connectivity index (χ1) is 8.53. The molecular weight excluding hydrogens is 256 g/mol. The molecule has 8 heteroatoms. The highest BCUT2D eigenvalue weighted by Gasteiger charge is 2.25. The first-order valence-corrected chi connectivity index (χ1v) is 7.44. The third kappa shape index (κ3) is 2.82. The maximum atomic E-state index is 12.2. The molecule has 1 unspecified atom stereocenters. The predicted molar refractivity (Wildman–Crippen MR) is 66.5 cm³/mol. The average molecular weight is 274 g/mol. The zero-order chi connectivity index (χ0) is 13.2.